The van der Waals surface area contributed by atoms with Gasteiger partial charge in [0.25, 0.3) is 0 Å². The summed E-state index contributed by atoms with van der Waals surface area (Å²) in [5, 5.41) is 0. The lowest BCUT2D eigenvalue weighted by molar-refractivity contribution is 0.596. The van der Waals surface area contributed by atoms with Gasteiger partial charge in [0.1, 0.15) is 5.82 Å². The van der Waals surface area contributed by atoms with E-state index in [1.165, 1.54) is 12.1 Å². The summed E-state index contributed by atoms with van der Waals surface area (Å²) in [6.07, 6.45) is 1.71. The second kappa shape index (κ2) is 4.94. The maximum Gasteiger partial charge on any atom is 0.236 e. The van der Waals surface area contributed by atoms with Gasteiger partial charge in [-0.2, -0.15) is 0 Å². The van der Waals surface area contributed by atoms with E-state index in [1.54, 1.807) is 6.07 Å². The van der Waals surface area contributed by atoms with Gasteiger partial charge in [0.15, 0.2) is 0 Å². The van der Waals surface area contributed by atoms with Crippen LogP contribution in [0.2, 0.25) is 0 Å². The fourth-order valence-corrected chi connectivity index (χ4v) is 2.30. The molecule has 0 N–H and O–H groups in total. The Morgan fingerprint density at radius 3 is 2.53 bits per heavy atom. The molecule has 0 aliphatic rings. The zero-order chi connectivity index (χ0) is 11.5. The van der Waals surface area contributed by atoms with Crippen LogP contribution in [0.5, 0.6) is 0 Å². The number of benzene rings is 1. The molecule has 5 heteroatoms. The number of hydrogen-bond acceptors (Lipinski definition) is 2. The average Bonchev–Trinajstić information content (AvgIpc) is 2.08. The zero-order valence-corrected chi connectivity index (χ0v) is 9.91. The zero-order valence-electron chi connectivity index (χ0n) is 8.33. The highest BCUT2D eigenvalue weighted by Crippen LogP contribution is 2.16. The smallest absolute Gasteiger partial charge is 0.212 e. The average molecular weight is 251 g/mol. The fourth-order valence-electron chi connectivity index (χ4n) is 1.34. The van der Waals surface area contributed by atoms with Crippen LogP contribution in [0, 0.1) is 5.82 Å². The van der Waals surface area contributed by atoms with Crippen molar-refractivity contribution in [2.75, 3.05) is 0 Å². The Hall–Kier alpha value is -0.610. The van der Waals surface area contributed by atoms with Gasteiger partial charge in [0, 0.05) is 16.2 Å². The molecule has 0 fully saturated rings. The summed E-state index contributed by atoms with van der Waals surface area (Å²) in [6.45, 7) is 2.00. The lowest BCUT2D eigenvalue weighted by Gasteiger charge is -2.03. The SMILES string of the molecule is CCCc1ccc(CS(=O)(=O)Cl)c(F)c1. The van der Waals surface area contributed by atoms with E-state index in [0.29, 0.717) is 0 Å². The van der Waals surface area contributed by atoms with Gasteiger partial charge in [-0.25, -0.2) is 12.8 Å². The highest BCUT2D eigenvalue weighted by Gasteiger charge is 2.11. The van der Waals surface area contributed by atoms with Crippen molar-refractivity contribution >= 4 is 19.7 Å². The molecule has 0 heterocycles. The number of rotatable bonds is 4. The molecule has 0 saturated heterocycles. The van der Waals surface area contributed by atoms with Crippen LogP contribution < -0.4 is 0 Å². The second-order valence-corrected chi connectivity index (χ2v) is 6.14. The van der Waals surface area contributed by atoms with Gasteiger partial charge in [0.05, 0.1) is 5.75 Å². The molecule has 2 nitrogen and oxygen atoms in total. The highest BCUT2D eigenvalue weighted by molar-refractivity contribution is 8.13. The topological polar surface area (TPSA) is 34.1 Å². The van der Waals surface area contributed by atoms with Crippen molar-refractivity contribution in [3.05, 3.63) is 35.1 Å². The number of hydrogen-bond donors (Lipinski definition) is 0. The van der Waals surface area contributed by atoms with E-state index in [4.69, 9.17) is 10.7 Å². The Balaban J connectivity index is 2.93. The van der Waals surface area contributed by atoms with Crippen LogP contribution >= 0.6 is 10.7 Å². The van der Waals surface area contributed by atoms with Crippen molar-refractivity contribution in [3.63, 3.8) is 0 Å². The summed E-state index contributed by atoms with van der Waals surface area (Å²) >= 11 is 0. The van der Waals surface area contributed by atoms with E-state index in [9.17, 15) is 12.8 Å². The van der Waals surface area contributed by atoms with Crippen LogP contribution in [-0.2, 0) is 21.2 Å². The molecule has 1 aromatic carbocycles. The molecule has 0 bridgehead atoms. The lowest BCUT2D eigenvalue weighted by Crippen LogP contribution is -1.99. The minimum atomic E-state index is -3.69. The quantitative estimate of drug-likeness (QED) is 0.770. The first-order valence-corrected chi connectivity index (χ1v) is 7.10. The Kier molecular flexibility index (Phi) is 4.11. The predicted octanol–water partition coefficient (Wildman–Crippen LogP) is 2.85. The molecule has 0 unspecified atom stereocenters. The van der Waals surface area contributed by atoms with Crippen molar-refractivity contribution in [2.45, 2.75) is 25.5 Å². The predicted molar refractivity (Wildman–Crippen MR) is 58.9 cm³/mol. The molecule has 0 aliphatic carbocycles. The minimum Gasteiger partial charge on any atom is -0.212 e. The number of halogens is 2. The molecule has 0 amide bonds. The highest BCUT2D eigenvalue weighted by atomic mass is 35.7. The van der Waals surface area contributed by atoms with Crippen LogP contribution in [0.25, 0.3) is 0 Å². The summed E-state index contributed by atoms with van der Waals surface area (Å²) in [5.41, 5.74) is 0.982. The normalized spacial score (nSPS) is 11.7. The van der Waals surface area contributed by atoms with E-state index >= 15 is 0 Å². The molecule has 84 valence electrons. The molecular formula is C10H12ClFO2S. The molecule has 1 rings (SSSR count). The molecule has 15 heavy (non-hydrogen) atoms. The summed E-state index contributed by atoms with van der Waals surface area (Å²) in [7, 11) is 1.35. The molecule has 0 aliphatic heterocycles. The van der Waals surface area contributed by atoms with E-state index < -0.39 is 20.6 Å². The summed E-state index contributed by atoms with van der Waals surface area (Å²) < 4.78 is 34.9. The first-order chi connectivity index (χ1) is 6.92. The van der Waals surface area contributed by atoms with Crippen LogP contribution in [0.15, 0.2) is 18.2 Å². The van der Waals surface area contributed by atoms with E-state index in [0.717, 1.165) is 18.4 Å². The van der Waals surface area contributed by atoms with E-state index in [2.05, 4.69) is 0 Å². The summed E-state index contributed by atoms with van der Waals surface area (Å²) in [5.74, 6) is -0.975. The van der Waals surface area contributed by atoms with E-state index in [-0.39, 0.29) is 5.56 Å². The third kappa shape index (κ3) is 4.18. The Labute approximate surface area is 93.5 Å². The Morgan fingerprint density at radius 1 is 1.40 bits per heavy atom. The second-order valence-electron chi connectivity index (χ2n) is 3.36. The minimum absolute atomic E-state index is 0.116. The maximum absolute atomic E-state index is 13.4. The summed E-state index contributed by atoms with van der Waals surface area (Å²) in [6, 6.07) is 4.56. The maximum atomic E-state index is 13.4. The Bertz CT molecular complexity index is 443. The molecule has 0 saturated carbocycles. The van der Waals surface area contributed by atoms with Crippen LogP contribution in [0.3, 0.4) is 0 Å². The first-order valence-electron chi connectivity index (χ1n) is 4.62. The van der Waals surface area contributed by atoms with Gasteiger partial charge in [-0.3, -0.25) is 0 Å². The van der Waals surface area contributed by atoms with Gasteiger partial charge in [-0.05, 0) is 18.1 Å². The summed E-state index contributed by atoms with van der Waals surface area (Å²) in [4.78, 5) is 0. The van der Waals surface area contributed by atoms with Crippen LogP contribution in [0.1, 0.15) is 24.5 Å². The lowest BCUT2D eigenvalue weighted by atomic mass is 10.1. The van der Waals surface area contributed by atoms with Gasteiger partial charge in [-0.15, -0.1) is 0 Å². The van der Waals surface area contributed by atoms with E-state index in [1.807, 2.05) is 6.92 Å². The fraction of sp³-hybridized carbons (Fsp3) is 0.400. The monoisotopic (exact) mass is 250 g/mol. The van der Waals surface area contributed by atoms with Crippen LogP contribution in [-0.4, -0.2) is 8.42 Å². The van der Waals surface area contributed by atoms with Gasteiger partial charge >= 0.3 is 0 Å². The number of aryl methyl sites for hydroxylation is 1. The standard InChI is InChI=1S/C10H12ClFO2S/c1-2-3-8-4-5-9(10(12)6-8)7-15(11,13)14/h4-6H,2-3,7H2,1H3. The third-order valence-electron chi connectivity index (χ3n) is 1.98. The molecule has 0 aromatic heterocycles. The van der Waals surface area contributed by atoms with Crippen molar-refractivity contribution in [1.82, 2.24) is 0 Å². The van der Waals surface area contributed by atoms with Gasteiger partial charge in [-0.1, -0.05) is 25.5 Å². The van der Waals surface area contributed by atoms with Gasteiger partial charge in [0.2, 0.25) is 9.05 Å². The molecule has 0 spiro atoms. The van der Waals surface area contributed by atoms with Gasteiger partial charge < -0.3 is 0 Å². The molecule has 0 radical (unpaired) electrons. The van der Waals surface area contributed by atoms with Crippen molar-refractivity contribution < 1.29 is 12.8 Å². The Morgan fingerprint density at radius 2 is 2.07 bits per heavy atom. The third-order valence-corrected chi connectivity index (χ3v) is 2.97. The molecule has 1 aromatic rings. The first kappa shape index (κ1) is 12.5. The van der Waals surface area contributed by atoms with Crippen molar-refractivity contribution in [1.29, 1.82) is 0 Å². The largest absolute Gasteiger partial charge is 0.236 e. The van der Waals surface area contributed by atoms with Crippen LogP contribution in [0.4, 0.5) is 4.39 Å². The van der Waals surface area contributed by atoms with Crippen molar-refractivity contribution in [3.8, 4) is 0 Å². The molecule has 0 atom stereocenters. The molecular weight excluding hydrogens is 239 g/mol. The van der Waals surface area contributed by atoms with Crippen molar-refractivity contribution in [2.24, 2.45) is 0 Å².